The summed E-state index contributed by atoms with van der Waals surface area (Å²) in [7, 11) is 0. The third-order valence-electron chi connectivity index (χ3n) is 2.69. The van der Waals surface area contributed by atoms with Crippen LogP contribution in [-0.2, 0) is 0 Å². The van der Waals surface area contributed by atoms with Crippen LogP contribution in [0.5, 0.6) is 0 Å². The molecule has 1 heteroatoms. The molecule has 0 aliphatic heterocycles. The smallest absolute Gasteiger partial charge is 0.162 e. The number of aryl methyl sites for hydroxylation is 1. The van der Waals surface area contributed by atoms with Gasteiger partial charge in [0.2, 0.25) is 0 Å². The highest BCUT2D eigenvalue weighted by molar-refractivity contribution is 5.96. The molecule has 0 bridgehead atoms. The van der Waals surface area contributed by atoms with Gasteiger partial charge in [0.25, 0.3) is 0 Å². The summed E-state index contributed by atoms with van der Waals surface area (Å²) in [6.45, 7) is 5.71. The second-order valence-electron chi connectivity index (χ2n) is 4.18. The Balaban J connectivity index is 2.29. The van der Waals surface area contributed by atoms with Crippen molar-refractivity contribution in [2.75, 3.05) is 0 Å². The molecule has 16 heavy (non-hydrogen) atoms. The van der Waals surface area contributed by atoms with Gasteiger partial charge in [-0.15, -0.1) is 6.58 Å². The summed E-state index contributed by atoms with van der Waals surface area (Å²) in [4.78, 5) is 11.8. The van der Waals surface area contributed by atoms with Gasteiger partial charge in [-0.05, 0) is 26.2 Å². The van der Waals surface area contributed by atoms with Crippen molar-refractivity contribution in [1.29, 1.82) is 0 Å². The van der Waals surface area contributed by atoms with E-state index in [9.17, 15) is 4.79 Å². The summed E-state index contributed by atoms with van der Waals surface area (Å²) < 4.78 is 0. The molecular formula is C15H20O. The molecule has 0 heterocycles. The molecule has 86 valence electrons. The molecule has 0 spiro atoms. The molecule has 0 aromatic heterocycles. The number of hydrogen-bond acceptors (Lipinski definition) is 1. The van der Waals surface area contributed by atoms with Gasteiger partial charge in [-0.3, -0.25) is 4.79 Å². The average molecular weight is 216 g/mol. The second-order valence-corrected chi connectivity index (χ2v) is 4.18. The van der Waals surface area contributed by atoms with E-state index >= 15 is 0 Å². The third-order valence-corrected chi connectivity index (χ3v) is 2.69. The van der Waals surface area contributed by atoms with Gasteiger partial charge in [-0.1, -0.05) is 42.3 Å². The molecule has 0 aliphatic rings. The van der Waals surface area contributed by atoms with E-state index in [1.54, 1.807) is 0 Å². The second kappa shape index (κ2) is 7.00. The number of unbranched alkanes of at least 4 members (excludes halogenated alkanes) is 3. The normalized spacial score (nSPS) is 10.1. The van der Waals surface area contributed by atoms with Gasteiger partial charge in [-0.2, -0.15) is 0 Å². The topological polar surface area (TPSA) is 17.1 Å². The highest BCUT2D eigenvalue weighted by Crippen LogP contribution is 2.10. The number of allylic oxidation sites excluding steroid dienone is 1. The van der Waals surface area contributed by atoms with Crippen molar-refractivity contribution < 1.29 is 4.79 Å². The number of rotatable bonds is 7. The first-order valence-electron chi connectivity index (χ1n) is 5.95. The Morgan fingerprint density at radius 3 is 2.50 bits per heavy atom. The lowest BCUT2D eigenvalue weighted by Gasteiger charge is -2.01. The molecule has 0 radical (unpaired) electrons. The first kappa shape index (κ1) is 12.7. The minimum Gasteiger partial charge on any atom is -0.294 e. The maximum absolute atomic E-state index is 11.8. The highest BCUT2D eigenvalue weighted by atomic mass is 16.1. The number of carbonyl (C=O) groups is 1. The Hall–Kier alpha value is -1.37. The molecule has 1 nitrogen and oxygen atoms in total. The number of Topliss-reactive ketones (excluding diaryl/α,β-unsaturated/α-hetero) is 1. The van der Waals surface area contributed by atoms with Gasteiger partial charge in [0.1, 0.15) is 0 Å². The van der Waals surface area contributed by atoms with Gasteiger partial charge < -0.3 is 0 Å². The van der Waals surface area contributed by atoms with Crippen LogP contribution in [0.15, 0.2) is 36.9 Å². The Morgan fingerprint density at radius 2 is 1.88 bits per heavy atom. The number of benzene rings is 1. The van der Waals surface area contributed by atoms with Crippen LogP contribution in [0.1, 0.15) is 48.0 Å². The predicted octanol–water partition coefficient (Wildman–Crippen LogP) is 4.31. The Morgan fingerprint density at radius 1 is 1.19 bits per heavy atom. The lowest BCUT2D eigenvalue weighted by atomic mass is 10.0. The van der Waals surface area contributed by atoms with Gasteiger partial charge in [-0.25, -0.2) is 0 Å². The summed E-state index contributed by atoms with van der Waals surface area (Å²) in [5.41, 5.74) is 2.04. The fraction of sp³-hybridized carbons (Fsp3) is 0.400. The predicted molar refractivity (Wildman–Crippen MR) is 68.8 cm³/mol. The number of hydrogen-bond donors (Lipinski definition) is 0. The van der Waals surface area contributed by atoms with E-state index in [1.807, 2.05) is 37.3 Å². The average Bonchev–Trinajstić information content (AvgIpc) is 2.29. The SMILES string of the molecule is C=CCCCCCC(=O)c1ccc(C)cc1. The zero-order valence-electron chi connectivity index (χ0n) is 10.0. The summed E-state index contributed by atoms with van der Waals surface area (Å²) in [6.07, 6.45) is 6.90. The van der Waals surface area contributed by atoms with Crippen molar-refractivity contribution in [2.45, 2.75) is 39.0 Å². The van der Waals surface area contributed by atoms with Crippen molar-refractivity contribution in [3.8, 4) is 0 Å². The molecule has 0 unspecified atom stereocenters. The monoisotopic (exact) mass is 216 g/mol. The van der Waals surface area contributed by atoms with Crippen LogP contribution in [0.4, 0.5) is 0 Å². The first-order valence-corrected chi connectivity index (χ1v) is 5.95. The van der Waals surface area contributed by atoms with Crippen molar-refractivity contribution in [3.63, 3.8) is 0 Å². The molecule has 1 rings (SSSR count). The lowest BCUT2D eigenvalue weighted by molar-refractivity contribution is 0.0979. The molecule has 0 amide bonds. The largest absolute Gasteiger partial charge is 0.294 e. The maximum atomic E-state index is 11.8. The summed E-state index contributed by atoms with van der Waals surface area (Å²) in [5, 5.41) is 0. The highest BCUT2D eigenvalue weighted by Gasteiger charge is 2.04. The fourth-order valence-corrected chi connectivity index (χ4v) is 1.63. The summed E-state index contributed by atoms with van der Waals surface area (Å²) in [6, 6.07) is 7.82. The Labute approximate surface area is 98.2 Å². The van der Waals surface area contributed by atoms with Gasteiger partial charge in [0, 0.05) is 12.0 Å². The lowest BCUT2D eigenvalue weighted by Crippen LogP contribution is -1.98. The van der Waals surface area contributed by atoms with Crippen LogP contribution in [0, 0.1) is 6.92 Å². The summed E-state index contributed by atoms with van der Waals surface area (Å²) in [5.74, 6) is 0.263. The zero-order chi connectivity index (χ0) is 11.8. The van der Waals surface area contributed by atoms with Gasteiger partial charge in [0.05, 0.1) is 0 Å². The van der Waals surface area contributed by atoms with Crippen molar-refractivity contribution in [2.24, 2.45) is 0 Å². The Bertz CT molecular complexity index is 335. The van der Waals surface area contributed by atoms with Gasteiger partial charge in [0.15, 0.2) is 5.78 Å². The minimum atomic E-state index is 0.263. The molecule has 0 fully saturated rings. The van der Waals surface area contributed by atoms with Crippen LogP contribution in [0.3, 0.4) is 0 Å². The molecule has 0 aliphatic carbocycles. The van der Waals surface area contributed by atoms with Gasteiger partial charge >= 0.3 is 0 Å². The van der Waals surface area contributed by atoms with Crippen LogP contribution >= 0.6 is 0 Å². The quantitative estimate of drug-likeness (QED) is 0.377. The zero-order valence-corrected chi connectivity index (χ0v) is 10.0. The van der Waals surface area contributed by atoms with Crippen LogP contribution < -0.4 is 0 Å². The number of ketones is 1. The third kappa shape index (κ3) is 4.43. The van der Waals surface area contributed by atoms with E-state index in [2.05, 4.69) is 6.58 Å². The van der Waals surface area contributed by atoms with Crippen LogP contribution in [0.25, 0.3) is 0 Å². The maximum Gasteiger partial charge on any atom is 0.162 e. The van der Waals surface area contributed by atoms with Crippen molar-refractivity contribution in [3.05, 3.63) is 48.0 Å². The van der Waals surface area contributed by atoms with Crippen molar-refractivity contribution >= 4 is 5.78 Å². The standard InChI is InChI=1S/C15H20O/c1-3-4-5-6-7-8-15(16)14-11-9-13(2)10-12-14/h3,9-12H,1,4-8H2,2H3. The van der Waals surface area contributed by atoms with E-state index in [1.165, 1.54) is 5.56 Å². The first-order chi connectivity index (χ1) is 7.74. The molecule has 0 saturated carbocycles. The summed E-state index contributed by atoms with van der Waals surface area (Å²) >= 11 is 0. The van der Waals surface area contributed by atoms with E-state index in [4.69, 9.17) is 0 Å². The van der Waals surface area contributed by atoms with E-state index in [0.717, 1.165) is 31.2 Å². The van der Waals surface area contributed by atoms with E-state index in [0.29, 0.717) is 6.42 Å². The Kier molecular flexibility index (Phi) is 5.55. The molecule has 0 saturated heterocycles. The van der Waals surface area contributed by atoms with Crippen LogP contribution in [-0.4, -0.2) is 5.78 Å². The van der Waals surface area contributed by atoms with E-state index < -0.39 is 0 Å². The molecule has 0 atom stereocenters. The van der Waals surface area contributed by atoms with E-state index in [-0.39, 0.29) is 5.78 Å². The number of carbonyl (C=O) groups excluding carboxylic acids is 1. The molecule has 1 aromatic carbocycles. The molecular weight excluding hydrogens is 196 g/mol. The van der Waals surface area contributed by atoms with Crippen LogP contribution in [0.2, 0.25) is 0 Å². The molecule has 1 aromatic rings. The fourth-order valence-electron chi connectivity index (χ4n) is 1.63. The minimum absolute atomic E-state index is 0.263. The molecule has 0 N–H and O–H groups in total. The van der Waals surface area contributed by atoms with Crippen molar-refractivity contribution in [1.82, 2.24) is 0 Å².